The normalized spacial score (nSPS) is 22.3. The van der Waals surface area contributed by atoms with Crippen molar-refractivity contribution in [2.45, 2.75) is 30.6 Å². The minimum atomic E-state index is -3.03. The van der Waals surface area contributed by atoms with E-state index < -0.39 is 9.84 Å². The van der Waals surface area contributed by atoms with E-state index in [9.17, 15) is 8.42 Å². The largest absolute Gasteiger partial charge is 0.381 e. The molecule has 1 fully saturated rings. The lowest BCUT2D eigenvalue weighted by molar-refractivity contribution is 0.579. The monoisotopic (exact) mass is 307 g/mol. The van der Waals surface area contributed by atoms with Gasteiger partial charge in [0.15, 0.2) is 9.84 Å². The Bertz CT molecular complexity index is 714. The zero-order valence-electron chi connectivity index (χ0n) is 11.7. The number of nitrogens with zero attached hydrogens (tertiary/aromatic N) is 3. The molecule has 1 heterocycles. The smallest absolute Gasteiger partial charge is 0.204 e. The van der Waals surface area contributed by atoms with Gasteiger partial charge in [0.1, 0.15) is 0 Å². The highest BCUT2D eigenvalue weighted by molar-refractivity contribution is 7.91. The third-order valence-electron chi connectivity index (χ3n) is 3.82. The van der Waals surface area contributed by atoms with Crippen molar-refractivity contribution >= 4 is 15.5 Å². The van der Waals surface area contributed by atoms with Crippen molar-refractivity contribution < 1.29 is 8.42 Å². The molecule has 1 saturated carbocycles. The zero-order valence-corrected chi connectivity index (χ0v) is 12.5. The number of aromatic amines is 1. The van der Waals surface area contributed by atoms with Gasteiger partial charge in [0.25, 0.3) is 0 Å². The Morgan fingerprint density at radius 2 is 2.19 bits per heavy atom. The zero-order chi connectivity index (χ0) is 14.9. The summed E-state index contributed by atoms with van der Waals surface area (Å²) in [5, 5.41) is 16.9. The fraction of sp³-hybridized carbons (Fsp3) is 0.462. The second kappa shape index (κ2) is 5.44. The van der Waals surface area contributed by atoms with Gasteiger partial charge in [-0.1, -0.05) is 12.1 Å². The molecule has 0 aliphatic heterocycles. The molecule has 0 spiro atoms. The van der Waals surface area contributed by atoms with E-state index >= 15 is 0 Å². The summed E-state index contributed by atoms with van der Waals surface area (Å²) in [5.74, 6) is 0.518. The first-order valence-corrected chi connectivity index (χ1v) is 8.79. The molecule has 7 nitrogen and oxygen atoms in total. The number of hydrogen-bond donors (Lipinski definition) is 2. The van der Waals surface area contributed by atoms with Crippen molar-refractivity contribution in [3.63, 3.8) is 0 Å². The predicted octanol–water partition coefficient (Wildman–Crippen LogP) is 1.24. The van der Waals surface area contributed by atoms with E-state index in [2.05, 4.69) is 25.9 Å². The number of anilines is 1. The van der Waals surface area contributed by atoms with E-state index in [1.807, 2.05) is 24.3 Å². The van der Waals surface area contributed by atoms with Gasteiger partial charge in [-0.2, -0.15) is 5.21 Å². The molecular weight excluding hydrogens is 290 g/mol. The molecule has 8 heteroatoms. The lowest BCUT2D eigenvalue weighted by Crippen LogP contribution is -2.34. The van der Waals surface area contributed by atoms with Crippen LogP contribution in [0, 0.1) is 0 Å². The minimum absolute atomic E-state index is 0.0412. The van der Waals surface area contributed by atoms with Crippen LogP contribution < -0.4 is 5.32 Å². The van der Waals surface area contributed by atoms with E-state index in [0.717, 1.165) is 30.5 Å². The molecule has 2 N–H and O–H groups in total. The maximum atomic E-state index is 11.8. The van der Waals surface area contributed by atoms with Crippen LogP contribution in [0.5, 0.6) is 0 Å². The topological polar surface area (TPSA) is 101 Å². The van der Waals surface area contributed by atoms with E-state index in [1.54, 1.807) is 0 Å². The Labute approximate surface area is 123 Å². The minimum Gasteiger partial charge on any atom is -0.381 e. The number of H-pyrrole nitrogens is 1. The molecule has 21 heavy (non-hydrogen) atoms. The molecule has 1 aliphatic rings. The highest BCUT2D eigenvalue weighted by Gasteiger charge is 2.34. The van der Waals surface area contributed by atoms with Gasteiger partial charge in [-0.05, 0) is 36.6 Å². The first kappa shape index (κ1) is 14.0. The molecule has 2 atom stereocenters. The molecule has 1 aromatic carbocycles. The Balaban J connectivity index is 1.81. The fourth-order valence-corrected chi connectivity index (χ4v) is 4.25. The van der Waals surface area contributed by atoms with Crippen LogP contribution in [0.2, 0.25) is 0 Å². The Kier molecular flexibility index (Phi) is 3.62. The SMILES string of the molecule is CS(=O)(=O)C1CCCC1Nc1cccc(-c2nn[nH]n2)c1. The van der Waals surface area contributed by atoms with Gasteiger partial charge in [0.05, 0.1) is 5.25 Å². The Morgan fingerprint density at radius 1 is 1.33 bits per heavy atom. The lowest BCUT2D eigenvalue weighted by atomic mass is 10.1. The molecular formula is C13H17N5O2S. The van der Waals surface area contributed by atoms with Crippen LogP contribution in [0.4, 0.5) is 5.69 Å². The standard InChI is InChI=1S/C13H17N5O2S/c1-21(19,20)12-7-3-6-11(12)14-10-5-2-4-9(8-10)13-15-17-18-16-13/h2,4-5,8,11-12,14H,3,6-7H2,1H3,(H,15,16,17,18). The predicted molar refractivity (Wildman–Crippen MR) is 79.5 cm³/mol. The molecule has 0 saturated heterocycles. The number of nitrogens with one attached hydrogen (secondary N) is 2. The van der Waals surface area contributed by atoms with Crippen molar-refractivity contribution in [2.75, 3.05) is 11.6 Å². The number of hydrogen-bond acceptors (Lipinski definition) is 6. The average Bonchev–Trinajstić information content (AvgIpc) is 3.09. The summed E-state index contributed by atoms with van der Waals surface area (Å²) in [6.07, 6.45) is 3.83. The number of tetrazole rings is 1. The number of aromatic nitrogens is 4. The van der Waals surface area contributed by atoms with Gasteiger partial charge in [0.2, 0.25) is 5.82 Å². The highest BCUT2D eigenvalue weighted by atomic mass is 32.2. The number of sulfone groups is 1. The van der Waals surface area contributed by atoms with Crippen LogP contribution in [-0.4, -0.2) is 46.6 Å². The lowest BCUT2D eigenvalue weighted by Gasteiger charge is -2.20. The van der Waals surface area contributed by atoms with Crippen LogP contribution in [0.1, 0.15) is 19.3 Å². The molecule has 0 radical (unpaired) electrons. The van der Waals surface area contributed by atoms with E-state index in [-0.39, 0.29) is 11.3 Å². The second-order valence-electron chi connectivity index (χ2n) is 5.37. The quantitative estimate of drug-likeness (QED) is 0.881. The molecule has 112 valence electrons. The average molecular weight is 307 g/mol. The summed E-state index contributed by atoms with van der Waals surface area (Å²) in [6.45, 7) is 0. The van der Waals surface area contributed by atoms with Crippen LogP contribution in [-0.2, 0) is 9.84 Å². The maximum Gasteiger partial charge on any atom is 0.204 e. The van der Waals surface area contributed by atoms with Crippen LogP contribution >= 0.6 is 0 Å². The third kappa shape index (κ3) is 3.05. The van der Waals surface area contributed by atoms with Gasteiger partial charge < -0.3 is 5.32 Å². The summed E-state index contributed by atoms with van der Waals surface area (Å²) in [6, 6.07) is 7.56. The maximum absolute atomic E-state index is 11.8. The first-order chi connectivity index (χ1) is 10.0. The summed E-state index contributed by atoms with van der Waals surface area (Å²) in [5.41, 5.74) is 1.71. The van der Waals surface area contributed by atoms with Crippen molar-refractivity contribution in [2.24, 2.45) is 0 Å². The molecule has 1 aromatic heterocycles. The molecule has 3 rings (SSSR count). The Hall–Kier alpha value is -1.96. The van der Waals surface area contributed by atoms with Gasteiger partial charge in [0, 0.05) is 23.5 Å². The van der Waals surface area contributed by atoms with Crippen molar-refractivity contribution in [1.29, 1.82) is 0 Å². The first-order valence-electron chi connectivity index (χ1n) is 6.83. The van der Waals surface area contributed by atoms with Gasteiger partial charge in [-0.3, -0.25) is 0 Å². The van der Waals surface area contributed by atoms with Crippen molar-refractivity contribution in [3.05, 3.63) is 24.3 Å². The van der Waals surface area contributed by atoms with Gasteiger partial charge in [-0.15, -0.1) is 10.2 Å². The second-order valence-corrected chi connectivity index (χ2v) is 7.63. The Morgan fingerprint density at radius 3 is 2.90 bits per heavy atom. The summed E-state index contributed by atoms with van der Waals surface area (Å²) in [4.78, 5) is 0. The summed E-state index contributed by atoms with van der Waals surface area (Å²) < 4.78 is 23.6. The number of rotatable bonds is 4. The summed E-state index contributed by atoms with van der Waals surface area (Å²) in [7, 11) is -3.03. The molecule has 1 aliphatic carbocycles. The molecule has 2 aromatic rings. The van der Waals surface area contributed by atoms with E-state index in [1.165, 1.54) is 6.26 Å². The van der Waals surface area contributed by atoms with E-state index in [0.29, 0.717) is 5.82 Å². The molecule has 0 bridgehead atoms. The highest BCUT2D eigenvalue weighted by Crippen LogP contribution is 2.29. The third-order valence-corrected chi connectivity index (χ3v) is 5.48. The van der Waals surface area contributed by atoms with Gasteiger partial charge >= 0.3 is 0 Å². The molecule has 2 unspecified atom stereocenters. The fourth-order valence-electron chi connectivity index (χ4n) is 2.85. The van der Waals surface area contributed by atoms with Crippen LogP contribution in [0.3, 0.4) is 0 Å². The number of benzene rings is 1. The van der Waals surface area contributed by atoms with E-state index in [4.69, 9.17) is 0 Å². The van der Waals surface area contributed by atoms with Crippen LogP contribution in [0.25, 0.3) is 11.4 Å². The van der Waals surface area contributed by atoms with Crippen molar-refractivity contribution in [3.8, 4) is 11.4 Å². The van der Waals surface area contributed by atoms with Gasteiger partial charge in [-0.25, -0.2) is 8.42 Å². The van der Waals surface area contributed by atoms with Crippen LogP contribution in [0.15, 0.2) is 24.3 Å². The summed E-state index contributed by atoms with van der Waals surface area (Å²) >= 11 is 0. The van der Waals surface area contributed by atoms with Crippen molar-refractivity contribution in [1.82, 2.24) is 20.6 Å². The molecule has 0 amide bonds.